The number of para-hydroxylation sites is 2. The number of carbonyl (C=O) groups excluding carboxylic acids is 1. The van der Waals surface area contributed by atoms with Gasteiger partial charge in [0.2, 0.25) is 0 Å². The van der Waals surface area contributed by atoms with Crippen LogP contribution in [-0.4, -0.2) is 12.5 Å². The van der Waals surface area contributed by atoms with E-state index in [9.17, 15) is 4.79 Å². The number of carbonyl (C=O) groups is 1. The van der Waals surface area contributed by atoms with E-state index in [4.69, 9.17) is 17.3 Å². The summed E-state index contributed by atoms with van der Waals surface area (Å²) in [4.78, 5) is 14.3. The third kappa shape index (κ3) is 2.63. The topological polar surface area (TPSA) is 46.3 Å². The Balaban J connectivity index is 2.45. The Kier molecular flexibility index (Phi) is 4.30. The van der Waals surface area contributed by atoms with Crippen molar-refractivity contribution in [2.45, 2.75) is 13.8 Å². The molecule has 4 heteroatoms. The van der Waals surface area contributed by atoms with Gasteiger partial charge < -0.3 is 10.6 Å². The second kappa shape index (κ2) is 5.97. The summed E-state index contributed by atoms with van der Waals surface area (Å²) in [5.74, 6) is -0.140. The molecule has 104 valence electrons. The second-order valence-electron chi connectivity index (χ2n) is 4.54. The van der Waals surface area contributed by atoms with Crippen molar-refractivity contribution < 1.29 is 4.79 Å². The third-order valence-electron chi connectivity index (χ3n) is 3.21. The largest absolute Gasteiger partial charge is 0.397 e. The quantitative estimate of drug-likeness (QED) is 0.871. The molecule has 20 heavy (non-hydrogen) atoms. The summed E-state index contributed by atoms with van der Waals surface area (Å²) in [5, 5.41) is 0.491. The van der Waals surface area contributed by atoms with Crippen molar-refractivity contribution in [1.82, 2.24) is 0 Å². The van der Waals surface area contributed by atoms with Gasteiger partial charge in [0.05, 0.1) is 22.0 Å². The Morgan fingerprint density at radius 1 is 1.20 bits per heavy atom. The van der Waals surface area contributed by atoms with Crippen molar-refractivity contribution in [1.29, 1.82) is 0 Å². The molecule has 0 unspecified atom stereocenters. The van der Waals surface area contributed by atoms with Crippen LogP contribution in [0.1, 0.15) is 22.8 Å². The van der Waals surface area contributed by atoms with Crippen LogP contribution >= 0.6 is 11.6 Å². The maximum absolute atomic E-state index is 12.7. The molecule has 0 bridgehead atoms. The first kappa shape index (κ1) is 14.4. The number of nitrogen functional groups attached to an aromatic ring is 1. The van der Waals surface area contributed by atoms with Crippen molar-refractivity contribution in [3.8, 4) is 0 Å². The second-order valence-corrected chi connectivity index (χ2v) is 4.92. The molecule has 2 rings (SSSR count). The fraction of sp³-hybridized carbons (Fsp3) is 0.188. The lowest BCUT2D eigenvalue weighted by molar-refractivity contribution is 0.0988. The van der Waals surface area contributed by atoms with E-state index >= 15 is 0 Å². The Morgan fingerprint density at radius 2 is 1.90 bits per heavy atom. The SMILES string of the molecule is CCN(C(=O)c1cccc(C)c1Cl)c1ccccc1N. The maximum Gasteiger partial charge on any atom is 0.259 e. The van der Waals surface area contributed by atoms with Gasteiger partial charge in [0.25, 0.3) is 5.91 Å². The zero-order chi connectivity index (χ0) is 14.7. The van der Waals surface area contributed by atoms with Gasteiger partial charge in [0.15, 0.2) is 0 Å². The van der Waals surface area contributed by atoms with Gasteiger partial charge >= 0.3 is 0 Å². The molecule has 3 nitrogen and oxygen atoms in total. The lowest BCUT2D eigenvalue weighted by Crippen LogP contribution is -2.31. The van der Waals surface area contributed by atoms with E-state index in [2.05, 4.69) is 0 Å². The molecule has 0 aliphatic carbocycles. The Morgan fingerprint density at radius 3 is 2.55 bits per heavy atom. The average Bonchev–Trinajstić information content (AvgIpc) is 2.44. The fourth-order valence-electron chi connectivity index (χ4n) is 2.11. The van der Waals surface area contributed by atoms with Crippen molar-refractivity contribution in [3.05, 3.63) is 58.6 Å². The number of benzene rings is 2. The van der Waals surface area contributed by atoms with E-state index in [0.29, 0.717) is 28.5 Å². The van der Waals surface area contributed by atoms with E-state index in [1.165, 1.54) is 0 Å². The van der Waals surface area contributed by atoms with Gasteiger partial charge in [-0.2, -0.15) is 0 Å². The minimum Gasteiger partial charge on any atom is -0.397 e. The molecular weight excluding hydrogens is 272 g/mol. The smallest absolute Gasteiger partial charge is 0.259 e. The summed E-state index contributed by atoms with van der Waals surface area (Å²) in [5.41, 5.74) is 8.62. The van der Waals surface area contributed by atoms with Gasteiger partial charge in [-0.3, -0.25) is 4.79 Å². The van der Waals surface area contributed by atoms with Crippen LogP contribution in [0.2, 0.25) is 5.02 Å². The zero-order valence-electron chi connectivity index (χ0n) is 11.6. The van der Waals surface area contributed by atoms with Gasteiger partial charge in [0, 0.05) is 6.54 Å². The minimum atomic E-state index is -0.140. The van der Waals surface area contributed by atoms with Crippen LogP contribution in [0.4, 0.5) is 11.4 Å². The van der Waals surface area contributed by atoms with Crippen molar-refractivity contribution in [2.24, 2.45) is 0 Å². The molecule has 2 N–H and O–H groups in total. The molecule has 0 aliphatic heterocycles. The van der Waals surface area contributed by atoms with E-state index in [1.807, 2.05) is 44.2 Å². The minimum absolute atomic E-state index is 0.140. The highest BCUT2D eigenvalue weighted by atomic mass is 35.5. The van der Waals surface area contributed by atoms with Crippen LogP contribution in [0.3, 0.4) is 0 Å². The number of amides is 1. The molecule has 0 radical (unpaired) electrons. The molecule has 0 heterocycles. The van der Waals surface area contributed by atoms with Crippen molar-refractivity contribution in [3.63, 3.8) is 0 Å². The summed E-state index contributed by atoms with van der Waals surface area (Å²) in [7, 11) is 0. The molecule has 0 aromatic heterocycles. The summed E-state index contributed by atoms with van der Waals surface area (Å²) < 4.78 is 0. The van der Waals surface area contributed by atoms with Gasteiger partial charge in [-0.15, -0.1) is 0 Å². The maximum atomic E-state index is 12.7. The van der Waals surface area contributed by atoms with Gasteiger partial charge in [0.1, 0.15) is 0 Å². The van der Waals surface area contributed by atoms with Gasteiger partial charge in [-0.1, -0.05) is 35.9 Å². The predicted octanol–water partition coefficient (Wildman–Crippen LogP) is 3.90. The first-order chi connectivity index (χ1) is 9.56. The van der Waals surface area contributed by atoms with Crippen LogP contribution < -0.4 is 10.6 Å². The Hall–Kier alpha value is -2.00. The van der Waals surface area contributed by atoms with Crippen LogP contribution in [0.15, 0.2) is 42.5 Å². The first-order valence-corrected chi connectivity index (χ1v) is 6.85. The molecule has 2 aromatic carbocycles. The Labute approximate surface area is 124 Å². The average molecular weight is 289 g/mol. The molecule has 0 saturated heterocycles. The summed E-state index contributed by atoms with van der Waals surface area (Å²) in [6.07, 6.45) is 0. The summed E-state index contributed by atoms with van der Waals surface area (Å²) in [6, 6.07) is 12.8. The van der Waals surface area contributed by atoms with Crippen LogP contribution in [0.5, 0.6) is 0 Å². The Bertz CT molecular complexity index is 640. The molecular formula is C16H17ClN2O. The van der Waals surface area contributed by atoms with E-state index in [-0.39, 0.29) is 5.91 Å². The molecule has 0 atom stereocenters. The van der Waals surface area contributed by atoms with Crippen LogP contribution in [0.25, 0.3) is 0 Å². The number of nitrogens with two attached hydrogens (primary N) is 1. The van der Waals surface area contributed by atoms with Crippen LogP contribution in [0, 0.1) is 6.92 Å². The molecule has 1 amide bonds. The number of nitrogens with zero attached hydrogens (tertiary/aromatic N) is 1. The molecule has 0 aliphatic rings. The highest BCUT2D eigenvalue weighted by Gasteiger charge is 2.20. The standard InChI is InChI=1S/C16H17ClN2O/c1-3-19(14-10-5-4-9-13(14)18)16(20)12-8-6-7-11(2)15(12)17/h4-10H,3,18H2,1-2H3. The van der Waals surface area contributed by atoms with Gasteiger partial charge in [-0.25, -0.2) is 0 Å². The lowest BCUT2D eigenvalue weighted by Gasteiger charge is -2.23. The number of halogens is 1. The summed E-state index contributed by atoms with van der Waals surface area (Å²) >= 11 is 6.24. The fourth-order valence-corrected chi connectivity index (χ4v) is 2.32. The normalized spacial score (nSPS) is 10.3. The monoisotopic (exact) mass is 288 g/mol. The third-order valence-corrected chi connectivity index (χ3v) is 3.71. The molecule has 2 aromatic rings. The summed E-state index contributed by atoms with van der Waals surface area (Å²) in [6.45, 7) is 4.32. The van der Waals surface area contributed by atoms with E-state index < -0.39 is 0 Å². The predicted molar refractivity (Wildman–Crippen MR) is 84.4 cm³/mol. The number of aryl methyl sites for hydroxylation is 1. The zero-order valence-corrected chi connectivity index (χ0v) is 12.3. The molecule has 0 saturated carbocycles. The number of hydrogen-bond acceptors (Lipinski definition) is 2. The van der Waals surface area contributed by atoms with Crippen molar-refractivity contribution >= 4 is 28.9 Å². The number of anilines is 2. The number of hydrogen-bond donors (Lipinski definition) is 1. The highest BCUT2D eigenvalue weighted by molar-refractivity contribution is 6.35. The van der Waals surface area contributed by atoms with Crippen molar-refractivity contribution in [2.75, 3.05) is 17.2 Å². The van der Waals surface area contributed by atoms with Crippen LogP contribution in [-0.2, 0) is 0 Å². The first-order valence-electron chi connectivity index (χ1n) is 6.47. The number of rotatable bonds is 3. The highest BCUT2D eigenvalue weighted by Crippen LogP contribution is 2.27. The van der Waals surface area contributed by atoms with Gasteiger partial charge in [-0.05, 0) is 37.6 Å². The lowest BCUT2D eigenvalue weighted by atomic mass is 10.1. The van der Waals surface area contributed by atoms with E-state index in [1.54, 1.807) is 17.0 Å². The molecule has 0 fully saturated rings. The van der Waals surface area contributed by atoms with E-state index in [0.717, 1.165) is 5.56 Å². The molecule has 0 spiro atoms.